The summed E-state index contributed by atoms with van der Waals surface area (Å²) in [6.45, 7) is 0.255. The first-order chi connectivity index (χ1) is 11.1. The zero-order valence-electron chi connectivity index (χ0n) is 12.4. The third-order valence-corrected chi connectivity index (χ3v) is 4.18. The maximum atomic E-state index is 13.8. The Kier molecular flexibility index (Phi) is 4.55. The van der Waals surface area contributed by atoms with Gasteiger partial charge >= 0.3 is 0 Å². The zero-order valence-corrected chi connectivity index (χ0v) is 13.9. The highest BCUT2D eigenvalue weighted by Gasteiger charge is 2.11. The topological polar surface area (TPSA) is 29.9 Å². The molecule has 6 heteroatoms. The summed E-state index contributed by atoms with van der Waals surface area (Å²) >= 11 is 12.1. The molecule has 0 aliphatic heterocycles. The summed E-state index contributed by atoms with van der Waals surface area (Å²) in [5, 5.41) is 4.16. The quantitative estimate of drug-likeness (QED) is 0.706. The minimum atomic E-state index is -0.339. The number of hydrogen-bond acceptors (Lipinski definition) is 2. The Morgan fingerprint density at radius 1 is 1.17 bits per heavy atom. The van der Waals surface area contributed by atoms with E-state index < -0.39 is 0 Å². The Morgan fingerprint density at radius 3 is 2.70 bits per heavy atom. The van der Waals surface area contributed by atoms with Gasteiger partial charge in [-0.15, -0.1) is 0 Å². The number of hydrogen-bond donors (Lipinski definition) is 1. The third kappa shape index (κ3) is 3.33. The fraction of sp³-hybridized carbons (Fsp3) is 0.118. The maximum Gasteiger partial charge on any atom is 0.203 e. The molecule has 0 saturated heterocycles. The second-order valence-corrected chi connectivity index (χ2v) is 5.93. The van der Waals surface area contributed by atoms with Gasteiger partial charge in [-0.25, -0.2) is 9.37 Å². The van der Waals surface area contributed by atoms with E-state index in [1.807, 2.05) is 35.9 Å². The van der Waals surface area contributed by atoms with Gasteiger partial charge in [0.15, 0.2) is 0 Å². The molecule has 23 heavy (non-hydrogen) atoms. The summed E-state index contributed by atoms with van der Waals surface area (Å²) in [6.07, 6.45) is 1.75. The SMILES string of the molecule is Cn1c(-c2cccc(Cl)c2)cnc1NCc1c(F)cccc1Cl. The van der Waals surface area contributed by atoms with Crippen molar-refractivity contribution in [3.8, 4) is 11.3 Å². The van der Waals surface area contributed by atoms with Crippen molar-refractivity contribution in [2.45, 2.75) is 6.54 Å². The van der Waals surface area contributed by atoms with Crippen LogP contribution in [0.3, 0.4) is 0 Å². The molecule has 0 bridgehead atoms. The van der Waals surface area contributed by atoms with E-state index in [-0.39, 0.29) is 12.4 Å². The molecule has 0 atom stereocenters. The van der Waals surface area contributed by atoms with E-state index in [0.717, 1.165) is 11.3 Å². The van der Waals surface area contributed by atoms with E-state index in [0.29, 0.717) is 21.6 Å². The summed E-state index contributed by atoms with van der Waals surface area (Å²) in [4.78, 5) is 4.34. The van der Waals surface area contributed by atoms with Gasteiger partial charge < -0.3 is 9.88 Å². The van der Waals surface area contributed by atoms with Gasteiger partial charge in [-0.3, -0.25) is 0 Å². The van der Waals surface area contributed by atoms with Crippen LogP contribution in [-0.4, -0.2) is 9.55 Å². The Morgan fingerprint density at radius 2 is 1.96 bits per heavy atom. The molecule has 1 heterocycles. The van der Waals surface area contributed by atoms with Crippen LogP contribution in [0.5, 0.6) is 0 Å². The van der Waals surface area contributed by atoms with Crippen molar-refractivity contribution in [3.05, 3.63) is 70.1 Å². The fourth-order valence-corrected chi connectivity index (χ4v) is 2.78. The summed E-state index contributed by atoms with van der Waals surface area (Å²) in [5.74, 6) is 0.286. The number of nitrogens with one attached hydrogen (secondary N) is 1. The molecular formula is C17H14Cl2FN3. The molecule has 0 aliphatic carbocycles. The van der Waals surface area contributed by atoms with E-state index in [2.05, 4.69) is 10.3 Å². The molecule has 0 fully saturated rings. The summed E-state index contributed by atoms with van der Waals surface area (Å²) in [6, 6.07) is 12.2. The van der Waals surface area contributed by atoms with Crippen molar-refractivity contribution in [1.29, 1.82) is 0 Å². The average Bonchev–Trinajstić information content (AvgIpc) is 2.88. The molecule has 2 aromatic carbocycles. The van der Waals surface area contributed by atoms with Gasteiger partial charge in [-0.1, -0.05) is 41.4 Å². The molecule has 3 rings (SSSR count). The molecule has 3 aromatic rings. The van der Waals surface area contributed by atoms with Gasteiger partial charge in [-0.05, 0) is 24.3 Å². The molecule has 0 radical (unpaired) electrons. The van der Waals surface area contributed by atoms with Crippen LogP contribution in [0.15, 0.2) is 48.7 Å². The molecule has 118 valence electrons. The minimum absolute atomic E-state index is 0.255. The highest BCUT2D eigenvalue weighted by atomic mass is 35.5. The fourth-order valence-electron chi connectivity index (χ4n) is 2.36. The molecule has 0 unspecified atom stereocenters. The monoisotopic (exact) mass is 349 g/mol. The second-order valence-electron chi connectivity index (χ2n) is 5.09. The predicted octanol–water partition coefficient (Wildman–Crippen LogP) is 5.15. The zero-order chi connectivity index (χ0) is 16.4. The van der Waals surface area contributed by atoms with E-state index in [9.17, 15) is 4.39 Å². The first kappa shape index (κ1) is 15.8. The van der Waals surface area contributed by atoms with Gasteiger partial charge in [0.05, 0.1) is 11.9 Å². The lowest BCUT2D eigenvalue weighted by molar-refractivity contribution is 0.612. The number of anilines is 1. The lowest BCUT2D eigenvalue weighted by Crippen LogP contribution is -2.07. The van der Waals surface area contributed by atoms with Crippen molar-refractivity contribution in [3.63, 3.8) is 0 Å². The molecule has 0 aliphatic rings. The van der Waals surface area contributed by atoms with Crippen molar-refractivity contribution in [1.82, 2.24) is 9.55 Å². The summed E-state index contributed by atoms with van der Waals surface area (Å²) in [7, 11) is 1.88. The first-order valence-corrected chi connectivity index (χ1v) is 7.76. The van der Waals surface area contributed by atoms with Crippen molar-refractivity contribution in [2.24, 2.45) is 7.05 Å². The Labute approximate surface area is 143 Å². The van der Waals surface area contributed by atoms with Crippen LogP contribution in [0, 0.1) is 5.82 Å². The number of halogens is 3. The van der Waals surface area contributed by atoms with Crippen LogP contribution in [0.2, 0.25) is 10.0 Å². The smallest absolute Gasteiger partial charge is 0.203 e. The number of rotatable bonds is 4. The Hall–Kier alpha value is -2.04. The van der Waals surface area contributed by atoms with Crippen LogP contribution < -0.4 is 5.32 Å². The van der Waals surface area contributed by atoms with Gasteiger partial charge in [-0.2, -0.15) is 0 Å². The molecule has 0 amide bonds. The van der Waals surface area contributed by atoms with Gasteiger partial charge in [0, 0.05) is 34.8 Å². The van der Waals surface area contributed by atoms with Crippen LogP contribution in [0.4, 0.5) is 10.3 Å². The first-order valence-electron chi connectivity index (χ1n) is 7.00. The van der Waals surface area contributed by atoms with E-state index in [4.69, 9.17) is 23.2 Å². The Bertz CT molecular complexity index is 825. The molecule has 3 nitrogen and oxygen atoms in total. The van der Waals surface area contributed by atoms with E-state index in [1.54, 1.807) is 18.3 Å². The molecular weight excluding hydrogens is 336 g/mol. The molecule has 1 N–H and O–H groups in total. The molecule has 1 aromatic heterocycles. The lowest BCUT2D eigenvalue weighted by Gasteiger charge is -2.10. The van der Waals surface area contributed by atoms with Gasteiger partial charge in [0.25, 0.3) is 0 Å². The van der Waals surface area contributed by atoms with Gasteiger partial charge in [0.1, 0.15) is 5.82 Å². The van der Waals surface area contributed by atoms with E-state index >= 15 is 0 Å². The largest absolute Gasteiger partial charge is 0.351 e. The predicted molar refractivity (Wildman–Crippen MR) is 92.4 cm³/mol. The highest BCUT2D eigenvalue weighted by molar-refractivity contribution is 6.31. The molecule has 0 spiro atoms. The normalized spacial score (nSPS) is 10.8. The number of imidazole rings is 1. The van der Waals surface area contributed by atoms with Crippen molar-refractivity contribution < 1.29 is 4.39 Å². The van der Waals surface area contributed by atoms with Crippen LogP contribution >= 0.6 is 23.2 Å². The van der Waals surface area contributed by atoms with Crippen molar-refractivity contribution >= 4 is 29.2 Å². The van der Waals surface area contributed by atoms with Crippen LogP contribution in [-0.2, 0) is 13.6 Å². The lowest BCUT2D eigenvalue weighted by atomic mass is 10.2. The maximum absolute atomic E-state index is 13.8. The minimum Gasteiger partial charge on any atom is -0.351 e. The van der Waals surface area contributed by atoms with Crippen LogP contribution in [0.1, 0.15) is 5.56 Å². The summed E-state index contributed by atoms with van der Waals surface area (Å²) < 4.78 is 15.7. The Balaban J connectivity index is 1.83. The summed E-state index contributed by atoms with van der Waals surface area (Å²) in [5.41, 5.74) is 2.29. The van der Waals surface area contributed by atoms with E-state index in [1.165, 1.54) is 6.07 Å². The van der Waals surface area contributed by atoms with Crippen molar-refractivity contribution in [2.75, 3.05) is 5.32 Å². The van der Waals surface area contributed by atoms with Crippen LogP contribution in [0.25, 0.3) is 11.3 Å². The number of benzene rings is 2. The standard InChI is InChI=1S/C17H14Cl2FN3/c1-23-16(11-4-2-5-12(18)8-11)10-22-17(23)21-9-13-14(19)6-3-7-15(13)20/h2-8,10H,9H2,1H3,(H,21,22). The van der Waals surface area contributed by atoms with Gasteiger partial charge in [0.2, 0.25) is 5.95 Å². The average molecular weight is 350 g/mol. The molecule has 0 saturated carbocycles. The second kappa shape index (κ2) is 6.60. The third-order valence-electron chi connectivity index (χ3n) is 3.59. The number of aromatic nitrogens is 2. The highest BCUT2D eigenvalue weighted by Crippen LogP contribution is 2.25. The number of nitrogens with zero attached hydrogens (tertiary/aromatic N) is 2.